The largest absolute Gasteiger partial charge is 0.467 e. The van der Waals surface area contributed by atoms with Crippen LogP contribution in [0, 0.1) is 5.82 Å². The minimum absolute atomic E-state index is 0.000473. The second kappa shape index (κ2) is 9.77. The third-order valence-corrected chi connectivity index (χ3v) is 6.48. The molecule has 0 atom stereocenters. The topological polar surface area (TPSA) is 100 Å². The molecule has 184 valence electrons. The maximum atomic E-state index is 14.3. The molecule has 11 heteroatoms. The number of hydrogen-bond acceptors (Lipinski definition) is 6. The Morgan fingerprint density at radius 3 is 2.78 bits per heavy atom. The average Bonchev–Trinajstić information content (AvgIpc) is 3.13. The fourth-order valence-electron chi connectivity index (χ4n) is 4.20. The van der Waals surface area contributed by atoms with Crippen molar-refractivity contribution in [3.05, 3.63) is 92.2 Å². The number of benzene rings is 3. The SMILES string of the molecule is O=C(NCc1cc(Cl)ccc1Cl)c1ccc2c(c1)N(Cc1cc(F)cc3c1OCOC3)C(=O)/C2=N\O. The van der Waals surface area contributed by atoms with Gasteiger partial charge in [-0.2, -0.15) is 0 Å². The Labute approximate surface area is 214 Å². The van der Waals surface area contributed by atoms with Crippen LogP contribution in [0.5, 0.6) is 5.75 Å². The van der Waals surface area contributed by atoms with E-state index in [1.54, 1.807) is 18.2 Å². The van der Waals surface area contributed by atoms with E-state index in [0.29, 0.717) is 43.7 Å². The number of amides is 2. The first-order valence-electron chi connectivity index (χ1n) is 10.8. The van der Waals surface area contributed by atoms with Gasteiger partial charge < -0.3 is 24.9 Å². The molecule has 0 aromatic heterocycles. The van der Waals surface area contributed by atoms with Gasteiger partial charge in [0.05, 0.1) is 18.8 Å². The van der Waals surface area contributed by atoms with Crippen LogP contribution in [0.2, 0.25) is 10.0 Å². The second-order valence-electron chi connectivity index (χ2n) is 8.15. The van der Waals surface area contributed by atoms with Gasteiger partial charge in [0.1, 0.15) is 11.6 Å². The number of carbonyl (C=O) groups excluding carboxylic acids is 2. The minimum Gasteiger partial charge on any atom is -0.467 e. The summed E-state index contributed by atoms with van der Waals surface area (Å²) in [6, 6.07) is 12.1. The van der Waals surface area contributed by atoms with E-state index >= 15 is 0 Å². The number of anilines is 1. The summed E-state index contributed by atoms with van der Waals surface area (Å²) in [6.45, 7) is 0.236. The van der Waals surface area contributed by atoms with Crippen molar-refractivity contribution in [1.82, 2.24) is 5.32 Å². The van der Waals surface area contributed by atoms with Crippen LogP contribution in [0.3, 0.4) is 0 Å². The molecular weight excluding hydrogens is 512 g/mol. The van der Waals surface area contributed by atoms with Crippen LogP contribution in [0.25, 0.3) is 0 Å². The van der Waals surface area contributed by atoms with E-state index in [4.69, 9.17) is 32.7 Å². The number of nitrogens with one attached hydrogen (secondary N) is 1. The molecule has 0 radical (unpaired) electrons. The predicted octanol–water partition coefficient (Wildman–Crippen LogP) is 4.65. The number of oxime groups is 1. The molecule has 2 aliphatic heterocycles. The molecule has 0 fully saturated rings. The maximum absolute atomic E-state index is 14.3. The summed E-state index contributed by atoms with van der Waals surface area (Å²) in [4.78, 5) is 27.3. The van der Waals surface area contributed by atoms with Crippen molar-refractivity contribution in [3.63, 3.8) is 0 Å². The Bertz CT molecular complexity index is 1430. The zero-order chi connectivity index (χ0) is 25.4. The molecular formula is C25H18Cl2FN3O5. The molecule has 3 aromatic rings. The Morgan fingerprint density at radius 2 is 1.97 bits per heavy atom. The van der Waals surface area contributed by atoms with E-state index < -0.39 is 17.6 Å². The molecule has 0 saturated heterocycles. The smallest absolute Gasteiger partial charge is 0.281 e. The van der Waals surface area contributed by atoms with Gasteiger partial charge in [-0.25, -0.2) is 4.39 Å². The van der Waals surface area contributed by atoms with Crippen molar-refractivity contribution < 1.29 is 28.7 Å². The molecule has 0 unspecified atom stereocenters. The van der Waals surface area contributed by atoms with E-state index in [-0.39, 0.29) is 37.8 Å². The second-order valence-corrected chi connectivity index (χ2v) is 9.00. The highest BCUT2D eigenvalue weighted by Gasteiger charge is 2.36. The van der Waals surface area contributed by atoms with E-state index in [9.17, 15) is 19.2 Å². The normalized spacial score (nSPS) is 15.5. The van der Waals surface area contributed by atoms with Crippen LogP contribution >= 0.6 is 23.2 Å². The Kier molecular flexibility index (Phi) is 6.53. The number of halogens is 3. The number of hydrogen-bond donors (Lipinski definition) is 2. The molecule has 2 N–H and O–H groups in total. The molecule has 8 nitrogen and oxygen atoms in total. The van der Waals surface area contributed by atoms with Crippen molar-refractivity contribution >= 4 is 46.4 Å². The van der Waals surface area contributed by atoms with E-state index in [2.05, 4.69) is 10.5 Å². The number of nitrogens with zero attached hydrogens (tertiary/aromatic N) is 2. The third-order valence-electron chi connectivity index (χ3n) is 5.88. The van der Waals surface area contributed by atoms with Crippen LogP contribution in [0.15, 0.2) is 53.7 Å². The highest BCUT2D eigenvalue weighted by Crippen LogP contribution is 2.36. The lowest BCUT2D eigenvalue weighted by molar-refractivity contribution is -0.112. The Morgan fingerprint density at radius 1 is 1.14 bits per heavy atom. The molecule has 0 aliphatic carbocycles. The predicted molar refractivity (Wildman–Crippen MR) is 130 cm³/mol. The van der Waals surface area contributed by atoms with Crippen LogP contribution in [0.4, 0.5) is 10.1 Å². The Balaban J connectivity index is 1.44. The molecule has 2 heterocycles. The first-order valence-corrected chi connectivity index (χ1v) is 11.5. The molecule has 36 heavy (non-hydrogen) atoms. The quantitative estimate of drug-likeness (QED) is 0.370. The van der Waals surface area contributed by atoms with Crippen molar-refractivity contribution in [2.24, 2.45) is 5.16 Å². The molecule has 0 bridgehead atoms. The first-order chi connectivity index (χ1) is 17.4. The summed E-state index contributed by atoms with van der Waals surface area (Å²) in [5.41, 5.74) is 2.33. The van der Waals surface area contributed by atoms with Gasteiger partial charge in [0, 0.05) is 38.8 Å². The van der Waals surface area contributed by atoms with Gasteiger partial charge in [0.15, 0.2) is 12.5 Å². The fraction of sp³-hybridized carbons (Fsp3) is 0.160. The molecule has 3 aromatic carbocycles. The third kappa shape index (κ3) is 4.48. The molecule has 5 rings (SSSR count). The number of rotatable bonds is 5. The van der Waals surface area contributed by atoms with E-state index in [1.165, 1.54) is 35.2 Å². The Hall–Kier alpha value is -3.66. The van der Waals surface area contributed by atoms with Crippen LogP contribution < -0.4 is 15.0 Å². The molecule has 2 amide bonds. The van der Waals surface area contributed by atoms with E-state index in [0.717, 1.165) is 0 Å². The highest BCUT2D eigenvalue weighted by atomic mass is 35.5. The van der Waals surface area contributed by atoms with Crippen LogP contribution in [0.1, 0.15) is 32.6 Å². The van der Waals surface area contributed by atoms with Gasteiger partial charge in [-0.15, -0.1) is 0 Å². The minimum atomic E-state index is -0.596. The van der Waals surface area contributed by atoms with Crippen LogP contribution in [-0.2, 0) is 29.2 Å². The van der Waals surface area contributed by atoms with Gasteiger partial charge in [-0.3, -0.25) is 9.59 Å². The summed E-state index contributed by atoms with van der Waals surface area (Å²) in [6.07, 6.45) is 0. The van der Waals surface area contributed by atoms with Crippen LogP contribution in [-0.4, -0.2) is 29.5 Å². The van der Waals surface area contributed by atoms with Crippen molar-refractivity contribution in [2.45, 2.75) is 19.7 Å². The monoisotopic (exact) mass is 529 g/mol. The van der Waals surface area contributed by atoms with Gasteiger partial charge in [0.2, 0.25) is 0 Å². The highest BCUT2D eigenvalue weighted by molar-refractivity contribution is 6.54. The van der Waals surface area contributed by atoms with E-state index in [1.807, 2.05) is 0 Å². The lowest BCUT2D eigenvalue weighted by atomic mass is 10.1. The number of ether oxygens (including phenoxy) is 2. The van der Waals surface area contributed by atoms with Gasteiger partial charge >= 0.3 is 0 Å². The fourth-order valence-corrected chi connectivity index (χ4v) is 4.58. The summed E-state index contributed by atoms with van der Waals surface area (Å²) in [7, 11) is 0. The zero-order valence-corrected chi connectivity index (χ0v) is 20.1. The van der Waals surface area contributed by atoms with Gasteiger partial charge in [-0.1, -0.05) is 28.4 Å². The number of carbonyl (C=O) groups is 2. The van der Waals surface area contributed by atoms with Gasteiger partial charge in [-0.05, 0) is 54.1 Å². The lowest BCUT2D eigenvalue weighted by Gasteiger charge is -2.24. The van der Waals surface area contributed by atoms with Crippen molar-refractivity contribution in [1.29, 1.82) is 0 Å². The summed E-state index contributed by atoms with van der Waals surface area (Å²) < 4.78 is 25.0. The standard InChI is InChI=1S/C25H18Cl2FN3O5/c26-17-2-4-20(27)14(5-17)9-29-24(32)13-1-3-19-21(8-13)31(25(33)22(19)30-34)10-15-6-18(28)7-16-11-35-12-36-23(15)16/h1-8,34H,9-12H2,(H,29,32)/b30-22-. The number of fused-ring (bicyclic) bond motifs is 2. The van der Waals surface area contributed by atoms with Crippen molar-refractivity contribution in [3.8, 4) is 5.75 Å². The average molecular weight is 530 g/mol. The van der Waals surface area contributed by atoms with Crippen molar-refractivity contribution in [2.75, 3.05) is 11.7 Å². The molecule has 0 saturated carbocycles. The summed E-state index contributed by atoms with van der Waals surface area (Å²) >= 11 is 12.2. The zero-order valence-electron chi connectivity index (χ0n) is 18.6. The molecule has 2 aliphatic rings. The van der Waals surface area contributed by atoms with Gasteiger partial charge in [0.25, 0.3) is 11.8 Å². The first kappa shape index (κ1) is 24.1. The summed E-state index contributed by atoms with van der Waals surface area (Å²) in [5.74, 6) is -1.09. The molecule has 0 spiro atoms. The maximum Gasteiger partial charge on any atom is 0.281 e. The summed E-state index contributed by atoms with van der Waals surface area (Å²) in [5, 5.41) is 16.3. The lowest BCUT2D eigenvalue weighted by Crippen LogP contribution is -2.30.